The lowest BCUT2D eigenvalue weighted by Crippen LogP contribution is -2.47. The molecule has 0 aliphatic rings. The SMILES string of the molecule is C=CCNC(C)(C(=O)OCC)c1ccc(F)c(F)c1. The van der Waals surface area contributed by atoms with Gasteiger partial charge >= 0.3 is 5.97 Å². The molecule has 0 radical (unpaired) electrons. The Bertz CT molecular complexity index is 477. The van der Waals surface area contributed by atoms with Crippen LogP contribution < -0.4 is 5.32 Å². The van der Waals surface area contributed by atoms with Crippen LogP contribution in [0.2, 0.25) is 0 Å². The van der Waals surface area contributed by atoms with Crippen LogP contribution >= 0.6 is 0 Å². The number of rotatable bonds is 6. The molecule has 0 spiro atoms. The smallest absolute Gasteiger partial charge is 0.330 e. The Kier molecular flexibility index (Phi) is 5.18. The number of benzene rings is 1. The van der Waals surface area contributed by atoms with Crippen molar-refractivity contribution >= 4 is 5.97 Å². The van der Waals surface area contributed by atoms with Crippen molar-refractivity contribution in [2.24, 2.45) is 0 Å². The summed E-state index contributed by atoms with van der Waals surface area (Å²) in [5.74, 6) is -2.52. The zero-order chi connectivity index (χ0) is 14.5. The number of hydrogen-bond donors (Lipinski definition) is 1. The fourth-order valence-corrected chi connectivity index (χ4v) is 1.65. The van der Waals surface area contributed by atoms with Crippen molar-refractivity contribution in [3.05, 3.63) is 48.1 Å². The van der Waals surface area contributed by atoms with Crippen LogP contribution in [0.5, 0.6) is 0 Å². The summed E-state index contributed by atoms with van der Waals surface area (Å²) >= 11 is 0. The van der Waals surface area contributed by atoms with E-state index in [9.17, 15) is 13.6 Å². The Morgan fingerprint density at radius 3 is 2.68 bits per heavy atom. The third kappa shape index (κ3) is 3.38. The molecule has 0 saturated carbocycles. The molecule has 0 amide bonds. The third-order valence-electron chi connectivity index (χ3n) is 2.78. The topological polar surface area (TPSA) is 38.3 Å². The van der Waals surface area contributed by atoms with E-state index in [0.29, 0.717) is 12.1 Å². The molecule has 1 unspecified atom stereocenters. The van der Waals surface area contributed by atoms with Crippen LogP contribution in [0.1, 0.15) is 19.4 Å². The molecule has 1 atom stereocenters. The van der Waals surface area contributed by atoms with Gasteiger partial charge in [-0.1, -0.05) is 12.1 Å². The molecule has 0 aliphatic carbocycles. The maximum atomic E-state index is 13.3. The number of hydrogen-bond acceptors (Lipinski definition) is 3. The van der Waals surface area contributed by atoms with E-state index in [1.165, 1.54) is 6.07 Å². The monoisotopic (exact) mass is 269 g/mol. The summed E-state index contributed by atoms with van der Waals surface area (Å²) in [6.07, 6.45) is 1.57. The maximum Gasteiger partial charge on any atom is 0.330 e. The number of esters is 1. The molecule has 1 N–H and O–H groups in total. The van der Waals surface area contributed by atoms with Crippen molar-refractivity contribution in [2.45, 2.75) is 19.4 Å². The lowest BCUT2D eigenvalue weighted by molar-refractivity contribution is -0.150. The first kappa shape index (κ1) is 15.3. The van der Waals surface area contributed by atoms with Gasteiger partial charge < -0.3 is 4.74 Å². The molecule has 0 fully saturated rings. The van der Waals surface area contributed by atoms with Crippen LogP contribution in [-0.4, -0.2) is 19.1 Å². The summed E-state index contributed by atoms with van der Waals surface area (Å²) in [5.41, 5.74) is -0.953. The zero-order valence-corrected chi connectivity index (χ0v) is 11.0. The standard InChI is InChI=1S/C14H17F2NO2/c1-4-8-17-14(3,13(18)19-5-2)10-6-7-11(15)12(16)9-10/h4,6-7,9,17H,1,5,8H2,2-3H3. The van der Waals surface area contributed by atoms with Crippen LogP contribution in [0.3, 0.4) is 0 Å². The Morgan fingerprint density at radius 1 is 1.47 bits per heavy atom. The molecular formula is C14H17F2NO2. The quantitative estimate of drug-likeness (QED) is 0.637. The summed E-state index contributed by atoms with van der Waals surface area (Å²) in [4.78, 5) is 12.0. The van der Waals surface area contributed by atoms with Gasteiger partial charge in [-0.25, -0.2) is 13.6 Å². The third-order valence-corrected chi connectivity index (χ3v) is 2.78. The molecule has 5 heteroatoms. The molecule has 1 aromatic rings. The van der Waals surface area contributed by atoms with Gasteiger partial charge in [-0.3, -0.25) is 5.32 Å². The molecule has 104 valence electrons. The number of carbonyl (C=O) groups is 1. The van der Waals surface area contributed by atoms with Crippen molar-refractivity contribution in [3.63, 3.8) is 0 Å². The first-order chi connectivity index (χ1) is 8.95. The van der Waals surface area contributed by atoms with E-state index in [1.54, 1.807) is 19.9 Å². The van der Waals surface area contributed by atoms with E-state index < -0.39 is 23.1 Å². The van der Waals surface area contributed by atoms with Gasteiger partial charge in [0.2, 0.25) is 0 Å². The summed E-state index contributed by atoms with van der Waals surface area (Å²) in [6, 6.07) is 3.32. The fraction of sp³-hybridized carbons (Fsp3) is 0.357. The highest BCUT2D eigenvalue weighted by molar-refractivity contribution is 5.82. The van der Waals surface area contributed by atoms with Gasteiger partial charge in [0.25, 0.3) is 0 Å². The lowest BCUT2D eigenvalue weighted by atomic mass is 9.91. The highest BCUT2D eigenvalue weighted by atomic mass is 19.2. The summed E-state index contributed by atoms with van der Waals surface area (Å²) in [7, 11) is 0. The molecule has 0 aliphatic heterocycles. The average Bonchev–Trinajstić information content (AvgIpc) is 2.39. The van der Waals surface area contributed by atoms with E-state index in [-0.39, 0.29) is 6.61 Å². The van der Waals surface area contributed by atoms with Crippen molar-refractivity contribution in [1.29, 1.82) is 0 Å². The van der Waals surface area contributed by atoms with Crippen molar-refractivity contribution < 1.29 is 18.3 Å². The Hall–Kier alpha value is -1.75. The van der Waals surface area contributed by atoms with Gasteiger partial charge in [0.15, 0.2) is 11.6 Å². The van der Waals surface area contributed by atoms with Crippen LogP contribution in [0.15, 0.2) is 30.9 Å². The lowest BCUT2D eigenvalue weighted by Gasteiger charge is -2.28. The molecule has 3 nitrogen and oxygen atoms in total. The highest BCUT2D eigenvalue weighted by Gasteiger charge is 2.36. The highest BCUT2D eigenvalue weighted by Crippen LogP contribution is 2.24. The van der Waals surface area contributed by atoms with Crippen molar-refractivity contribution in [3.8, 4) is 0 Å². The predicted octanol–water partition coefficient (Wildman–Crippen LogP) is 2.52. The molecule has 1 aromatic carbocycles. The summed E-state index contributed by atoms with van der Waals surface area (Å²) < 4.78 is 31.2. The Morgan fingerprint density at radius 2 is 2.16 bits per heavy atom. The number of ether oxygens (including phenoxy) is 1. The summed E-state index contributed by atoms with van der Waals surface area (Å²) in [5, 5.41) is 2.91. The molecule has 0 saturated heterocycles. The largest absolute Gasteiger partial charge is 0.464 e. The first-order valence-electron chi connectivity index (χ1n) is 5.94. The van der Waals surface area contributed by atoms with E-state index >= 15 is 0 Å². The van der Waals surface area contributed by atoms with E-state index in [1.807, 2.05) is 0 Å². The second kappa shape index (κ2) is 6.43. The number of carbonyl (C=O) groups excluding carboxylic acids is 1. The van der Waals surface area contributed by atoms with Crippen LogP contribution in [0, 0.1) is 11.6 Å². The zero-order valence-electron chi connectivity index (χ0n) is 11.0. The van der Waals surface area contributed by atoms with Crippen LogP contribution in [0.4, 0.5) is 8.78 Å². The second-order valence-corrected chi connectivity index (χ2v) is 4.14. The van der Waals surface area contributed by atoms with Gasteiger partial charge in [0.05, 0.1) is 6.61 Å². The average molecular weight is 269 g/mol. The predicted molar refractivity (Wildman–Crippen MR) is 68.5 cm³/mol. The van der Waals surface area contributed by atoms with Gasteiger partial charge in [0.1, 0.15) is 5.54 Å². The van der Waals surface area contributed by atoms with Gasteiger partial charge in [0, 0.05) is 6.54 Å². The Balaban J connectivity index is 3.17. The number of halogens is 2. The van der Waals surface area contributed by atoms with E-state index in [2.05, 4.69) is 11.9 Å². The van der Waals surface area contributed by atoms with Crippen LogP contribution in [-0.2, 0) is 15.1 Å². The minimum atomic E-state index is -1.25. The van der Waals surface area contributed by atoms with E-state index in [0.717, 1.165) is 12.1 Å². The van der Waals surface area contributed by atoms with Crippen LogP contribution in [0.25, 0.3) is 0 Å². The molecule has 0 heterocycles. The van der Waals surface area contributed by atoms with Gasteiger partial charge in [-0.15, -0.1) is 6.58 Å². The van der Waals surface area contributed by atoms with Gasteiger partial charge in [-0.2, -0.15) is 0 Å². The molecular weight excluding hydrogens is 252 g/mol. The van der Waals surface area contributed by atoms with Crippen molar-refractivity contribution in [1.82, 2.24) is 5.32 Å². The minimum absolute atomic E-state index is 0.202. The molecule has 0 bridgehead atoms. The summed E-state index contributed by atoms with van der Waals surface area (Å²) in [6.45, 7) is 7.31. The molecule has 19 heavy (non-hydrogen) atoms. The molecule has 1 rings (SSSR count). The number of nitrogens with one attached hydrogen (secondary N) is 1. The minimum Gasteiger partial charge on any atom is -0.464 e. The van der Waals surface area contributed by atoms with Crippen molar-refractivity contribution in [2.75, 3.05) is 13.2 Å². The maximum absolute atomic E-state index is 13.3. The van der Waals surface area contributed by atoms with E-state index in [4.69, 9.17) is 4.74 Å². The fourth-order valence-electron chi connectivity index (χ4n) is 1.65. The second-order valence-electron chi connectivity index (χ2n) is 4.14. The normalized spacial score (nSPS) is 13.7. The first-order valence-corrected chi connectivity index (χ1v) is 5.94. The Labute approximate surface area is 111 Å². The molecule has 0 aromatic heterocycles. The van der Waals surface area contributed by atoms with Gasteiger partial charge in [-0.05, 0) is 31.5 Å².